The summed E-state index contributed by atoms with van der Waals surface area (Å²) in [7, 11) is 1.58. The number of carbonyl (C=O) groups excluding carboxylic acids is 1. The normalized spacial score (nSPS) is 11.9. The van der Waals surface area contributed by atoms with E-state index in [1.54, 1.807) is 50.4 Å². The molecule has 140 valence electrons. The summed E-state index contributed by atoms with van der Waals surface area (Å²) in [6, 6.07) is 12.6. The van der Waals surface area contributed by atoms with Crippen molar-refractivity contribution in [2.45, 2.75) is 19.6 Å². The van der Waals surface area contributed by atoms with E-state index in [0.717, 1.165) is 0 Å². The third-order valence-electron chi connectivity index (χ3n) is 3.58. The predicted octanol–water partition coefficient (Wildman–Crippen LogP) is 3.80. The first kappa shape index (κ1) is 19.7. The van der Waals surface area contributed by atoms with Gasteiger partial charge in [-0.3, -0.25) is 4.79 Å². The van der Waals surface area contributed by atoms with Gasteiger partial charge in [-0.15, -0.1) is 0 Å². The number of rotatable bonds is 9. The van der Waals surface area contributed by atoms with E-state index in [1.165, 1.54) is 12.1 Å². The van der Waals surface area contributed by atoms with E-state index in [0.29, 0.717) is 30.1 Å². The lowest BCUT2D eigenvalue weighted by molar-refractivity contribution is -0.0499. The van der Waals surface area contributed by atoms with Crippen LogP contribution in [0.4, 0.5) is 8.78 Å². The first-order chi connectivity index (χ1) is 12.5. The molecule has 26 heavy (non-hydrogen) atoms. The van der Waals surface area contributed by atoms with Crippen LogP contribution in [-0.4, -0.2) is 32.8 Å². The average Bonchev–Trinajstić information content (AvgIpc) is 2.62. The van der Waals surface area contributed by atoms with Crippen molar-refractivity contribution in [1.82, 2.24) is 5.32 Å². The van der Waals surface area contributed by atoms with E-state index in [4.69, 9.17) is 9.47 Å². The molecule has 0 aliphatic rings. The highest BCUT2D eigenvalue weighted by atomic mass is 19.3. The van der Waals surface area contributed by atoms with Gasteiger partial charge in [-0.05, 0) is 42.8 Å². The Balaban J connectivity index is 2.01. The maximum atomic E-state index is 12.4. The molecule has 1 amide bonds. The van der Waals surface area contributed by atoms with Gasteiger partial charge in [-0.2, -0.15) is 8.78 Å². The zero-order valence-electron chi connectivity index (χ0n) is 14.6. The Labute approximate surface area is 150 Å². The summed E-state index contributed by atoms with van der Waals surface area (Å²) < 4.78 is 39.4. The summed E-state index contributed by atoms with van der Waals surface area (Å²) in [6.45, 7) is -0.298. The molecule has 7 heteroatoms. The molecule has 1 atom stereocenters. The third-order valence-corrected chi connectivity index (χ3v) is 3.58. The molecule has 1 unspecified atom stereocenters. The van der Waals surface area contributed by atoms with Gasteiger partial charge < -0.3 is 19.5 Å². The van der Waals surface area contributed by atoms with Crippen LogP contribution in [0.5, 0.6) is 11.5 Å². The Kier molecular flexibility index (Phi) is 7.35. The largest absolute Gasteiger partial charge is 0.491 e. The van der Waals surface area contributed by atoms with Crippen LogP contribution in [0.15, 0.2) is 48.5 Å². The van der Waals surface area contributed by atoms with E-state index < -0.39 is 6.61 Å². The number of ether oxygens (including phenoxy) is 3. The summed E-state index contributed by atoms with van der Waals surface area (Å²) in [6.07, 6.45) is 0. The molecule has 0 radical (unpaired) electrons. The number of alkyl halides is 2. The van der Waals surface area contributed by atoms with Gasteiger partial charge in [-0.25, -0.2) is 0 Å². The van der Waals surface area contributed by atoms with Gasteiger partial charge in [-0.1, -0.05) is 18.2 Å². The van der Waals surface area contributed by atoms with E-state index >= 15 is 0 Å². The van der Waals surface area contributed by atoms with Crippen LogP contribution in [0.2, 0.25) is 0 Å². The second-order valence-electron chi connectivity index (χ2n) is 5.52. The maximum Gasteiger partial charge on any atom is 0.387 e. The maximum absolute atomic E-state index is 12.4. The van der Waals surface area contributed by atoms with Crippen molar-refractivity contribution in [3.8, 4) is 11.5 Å². The number of carbonyl (C=O) groups is 1. The number of benzene rings is 2. The number of amides is 1. The Morgan fingerprint density at radius 2 is 1.81 bits per heavy atom. The summed E-state index contributed by atoms with van der Waals surface area (Å²) in [4.78, 5) is 12.4. The number of halogens is 2. The predicted molar refractivity (Wildman–Crippen MR) is 92.8 cm³/mol. The van der Waals surface area contributed by atoms with Gasteiger partial charge in [0.1, 0.15) is 18.1 Å². The zero-order chi connectivity index (χ0) is 18.9. The third kappa shape index (κ3) is 6.00. The quantitative estimate of drug-likeness (QED) is 0.687. The molecule has 0 aliphatic carbocycles. The Hall–Kier alpha value is -2.67. The van der Waals surface area contributed by atoms with E-state index in [9.17, 15) is 13.6 Å². The van der Waals surface area contributed by atoms with Crippen molar-refractivity contribution in [1.29, 1.82) is 0 Å². The average molecular weight is 365 g/mol. The Bertz CT molecular complexity index is 724. The monoisotopic (exact) mass is 365 g/mol. The molecular weight excluding hydrogens is 344 g/mol. The van der Waals surface area contributed by atoms with Gasteiger partial charge in [0.25, 0.3) is 5.91 Å². The van der Waals surface area contributed by atoms with Gasteiger partial charge in [0.05, 0.1) is 12.6 Å². The van der Waals surface area contributed by atoms with Crippen molar-refractivity contribution in [3.05, 3.63) is 59.7 Å². The molecule has 0 saturated carbocycles. The summed E-state index contributed by atoms with van der Waals surface area (Å²) in [5, 5.41) is 2.83. The van der Waals surface area contributed by atoms with E-state index in [-0.39, 0.29) is 17.7 Å². The van der Waals surface area contributed by atoms with Gasteiger partial charge in [0.15, 0.2) is 0 Å². The molecule has 2 rings (SSSR count). The molecule has 0 aliphatic heterocycles. The van der Waals surface area contributed by atoms with Gasteiger partial charge >= 0.3 is 6.61 Å². The van der Waals surface area contributed by atoms with Crippen molar-refractivity contribution in [2.75, 3.05) is 20.3 Å². The molecule has 1 N–H and O–H groups in total. The molecule has 0 heterocycles. The zero-order valence-corrected chi connectivity index (χ0v) is 14.6. The van der Waals surface area contributed by atoms with E-state index in [1.807, 2.05) is 0 Å². The van der Waals surface area contributed by atoms with Crippen LogP contribution in [0.3, 0.4) is 0 Å². The van der Waals surface area contributed by atoms with Crippen molar-refractivity contribution in [2.24, 2.45) is 0 Å². The highest BCUT2D eigenvalue weighted by molar-refractivity contribution is 5.94. The van der Waals surface area contributed by atoms with E-state index in [2.05, 4.69) is 10.1 Å². The minimum absolute atomic E-state index is 0.0483. The highest BCUT2D eigenvalue weighted by Gasteiger charge is 2.13. The van der Waals surface area contributed by atoms with Crippen molar-refractivity contribution in [3.63, 3.8) is 0 Å². The first-order valence-corrected chi connectivity index (χ1v) is 8.07. The van der Waals surface area contributed by atoms with Crippen LogP contribution in [0.1, 0.15) is 28.9 Å². The van der Waals surface area contributed by atoms with Crippen molar-refractivity contribution < 1.29 is 27.8 Å². The molecule has 5 nitrogen and oxygen atoms in total. The molecule has 0 spiro atoms. The standard InChI is InChI=1S/C19H21F2NO4/c1-13(14-5-3-8-17(11-14)26-19(20)21)22-18(23)15-6-4-7-16(12-15)25-10-9-24-2/h3-8,11-13,19H,9-10H2,1-2H3,(H,22,23). The minimum Gasteiger partial charge on any atom is -0.491 e. The number of nitrogens with one attached hydrogen (secondary N) is 1. The van der Waals surface area contributed by atoms with Crippen LogP contribution in [0, 0.1) is 0 Å². The fraction of sp³-hybridized carbons (Fsp3) is 0.316. The molecule has 0 aromatic heterocycles. The van der Waals surface area contributed by atoms with Gasteiger partial charge in [0, 0.05) is 12.7 Å². The Morgan fingerprint density at radius 1 is 1.08 bits per heavy atom. The molecule has 2 aromatic rings. The second kappa shape index (κ2) is 9.72. The van der Waals surface area contributed by atoms with Crippen molar-refractivity contribution >= 4 is 5.91 Å². The smallest absolute Gasteiger partial charge is 0.387 e. The lowest BCUT2D eigenvalue weighted by Crippen LogP contribution is -2.26. The number of hydrogen-bond donors (Lipinski definition) is 1. The second-order valence-corrected chi connectivity index (χ2v) is 5.52. The molecule has 0 bridgehead atoms. The summed E-state index contributed by atoms with van der Waals surface area (Å²) in [5.74, 6) is 0.316. The lowest BCUT2D eigenvalue weighted by atomic mass is 10.1. The summed E-state index contributed by atoms with van der Waals surface area (Å²) in [5.41, 5.74) is 1.09. The minimum atomic E-state index is -2.89. The number of methoxy groups -OCH3 is 1. The fourth-order valence-corrected chi connectivity index (χ4v) is 2.29. The molecule has 0 saturated heterocycles. The van der Waals surface area contributed by atoms with Crippen LogP contribution >= 0.6 is 0 Å². The molecule has 0 fully saturated rings. The fourth-order valence-electron chi connectivity index (χ4n) is 2.29. The first-order valence-electron chi connectivity index (χ1n) is 8.07. The van der Waals surface area contributed by atoms with Crippen LogP contribution < -0.4 is 14.8 Å². The Morgan fingerprint density at radius 3 is 2.54 bits per heavy atom. The topological polar surface area (TPSA) is 56.8 Å². The summed E-state index contributed by atoms with van der Waals surface area (Å²) >= 11 is 0. The SMILES string of the molecule is COCCOc1cccc(C(=O)NC(C)c2cccc(OC(F)F)c2)c1. The molecule has 2 aromatic carbocycles. The highest BCUT2D eigenvalue weighted by Crippen LogP contribution is 2.21. The number of hydrogen-bond acceptors (Lipinski definition) is 4. The molecular formula is C19H21F2NO4. The van der Waals surface area contributed by atoms with Gasteiger partial charge in [0.2, 0.25) is 0 Å². The lowest BCUT2D eigenvalue weighted by Gasteiger charge is -2.16. The van der Waals surface area contributed by atoms with Crippen LogP contribution in [-0.2, 0) is 4.74 Å². The van der Waals surface area contributed by atoms with Crippen LogP contribution in [0.25, 0.3) is 0 Å².